The maximum Gasteiger partial charge on any atom is 0.352 e. The van der Waals surface area contributed by atoms with Crippen LogP contribution in [0, 0.1) is 13.8 Å². The monoisotopic (exact) mass is 278 g/mol. The van der Waals surface area contributed by atoms with Crippen LogP contribution in [-0.2, 0) is 0 Å². The van der Waals surface area contributed by atoms with Gasteiger partial charge in [-0.1, -0.05) is 6.92 Å². The summed E-state index contributed by atoms with van der Waals surface area (Å²) in [5, 5.41) is 9.14. The third kappa shape index (κ3) is 2.44. The summed E-state index contributed by atoms with van der Waals surface area (Å²) in [6, 6.07) is 0.276. The largest absolute Gasteiger partial charge is 0.477 e. The Kier molecular flexibility index (Phi) is 4.16. The third-order valence-electron chi connectivity index (χ3n) is 4.22. The van der Waals surface area contributed by atoms with Gasteiger partial charge in [0.1, 0.15) is 5.69 Å². The number of nitrogens with zero attached hydrogens (tertiary/aromatic N) is 1. The zero-order valence-corrected chi connectivity index (χ0v) is 12.3. The Balaban J connectivity index is 2.35. The van der Waals surface area contributed by atoms with Crippen molar-refractivity contribution < 1.29 is 14.7 Å². The minimum absolute atomic E-state index is 0.0321. The maximum atomic E-state index is 12.8. The van der Waals surface area contributed by atoms with Crippen LogP contribution < -0.4 is 0 Å². The average Bonchev–Trinajstić information content (AvgIpc) is 2.73. The van der Waals surface area contributed by atoms with E-state index in [1.807, 2.05) is 4.90 Å². The molecule has 1 aliphatic heterocycles. The number of aromatic amines is 1. The molecular formula is C15H22N2O3. The number of nitrogens with one attached hydrogen (secondary N) is 1. The molecule has 1 fully saturated rings. The molecule has 1 unspecified atom stereocenters. The second-order valence-corrected chi connectivity index (χ2v) is 5.49. The van der Waals surface area contributed by atoms with Gasteiger partial charge in [0.25, 0.3) is 5.91 Å². The number of carbonyl (C=O) groups excluding carboxylic acids is 1. The van der Waals surface area contributed by atoms with E-state index in [4.69, 9.17) is 5.11 Å². The minimum Gasteiger partial charge on any atom is -0.477 e. The number of hydrogen-bond acceptors (Lipinski definition) is 2. The number of hydrogen-bond donors (Lipinski definition) is 2. The highest BCUT2D eigenvalue weighted by atomic mass is 16.4. The molecule has 0 bridgehead atoms. The van der Waals surface area contributed by atoms with Crippen molar-refractivity contribution in [2.45, 2.75) is 52.5 Å². The van der Waals surface area contributed by atoms with Crippen molar-refractivity contribution in [1.29, 1.82) is 0 Å². The van der Waals surface area contributed by atoms with Crippen LogP contribution in [0.5, 0.6) is 0 Å². The Labute approximate surface area is 119 Å². The molecule has 5 nitrogen and oxygen atoms in total. The van der Waals surface area contributed by atoms with Gasteiger partial charge in [-0.05, 0) is 45.1 Å². The molecule has 0 aliphatic carbocycles. The smallest absolute Gasteiger partial charge is 0.352 e. The summed E-state index contributed by atoms with van der Waals surface area (Å²) in [5.74, 6) is -1.05. The molecule has 1 amide bonds. The van der Waals surface area contributed by atoms with Gasteiger partial charge in [0.15, 0.2) is 0 Å². The lowest BCUT2D eigenvalue weighted by molar-refractivity contribution is 0.0606. The fraction of sp³-hybridized carbons (Fsp3) is 0.600. The number of carbonyl (C=O) groups is 2. The van der Waals surface area contributed by atoms with Crippen LogP contribution in [0.2, 0.25) is 0 Å². The summed E-state index contributed by atoms with van der Waals surface area (Å²) in [7, 11) is 0. The number of carboxylic acid groups (broad SMARTS) is 1. The molecule has 1 aromatic heterocycles. The lowest BCUT2D eigenvalue weighted by Crippen LogP contribution is -2.43. The zero-order valence-electron chi connectivity index (χ0n) is 12.3. The summed E-state index contributed by atoms with van der Waals surface area (Å²) in [4.78, 5) is 28.6. The number of aromatic nitrogens is 1. The topological polar surface area (TPSA) is 73.4 Å². The van der Waals surface area contributed by atoms with Gasteiger partial charge in [-0.25, -0.2) is 4.79 Å². The molecule has 1 saturated heterocycles. The van der Waals surface area contributed by atoms with Crippen molar-refractivity contribution in [3.63, 3.8) is 0 Å². The third-order valence-corrected chi connectivity index (χ3v) is 4.22. The molecule has 0 aromatic carbocycles. The summed E-state index contributed by atoms with van der Waals surface area (Å²) in [5.41, 5.74) is 1.84. The summed E-state index contributed by atoms with van der Waals surface area (Å²) in [6.07, 6.45) is 4.17. The van der Waals surface area contributed by atoms with Crippen molar-refractivity contribution in [2.24, 2.45) is 0 Å². The quantitative estimate of drug-likeness (QED) is 0.892. The number of aryl methyl sites for hydroxylation is 1. The molecule has 2 N–H and O–H groups in total. The van der Waals surface area contributed by atoms with Gasteiger partial charge < -0.3 is 15.0 Å². The maximum absolute atomic E-state index is 12.8. The zero-order chi connectivity index (χ0) is 14.9. The summed E-state index contributed by atoms with van der Waals surface area (Å²) >= 11 is 0. The molecule has 0 spiro atoms. The number of amides is 1. The highest BCUT2D eigenvalue weighted by Crippen LogP contribution is 2.25. The highest BCUT2D eigenvalue weighted by molar-refractivity contribution is 6.01. The van der Waals surface area contributed by atoms with E-state index in [0.29, 0.717) is 16.8 Å². The first-order valence-corrected chi connectivity index (χ1v) is 7.20. The number of rotatable bonds is 3. The molecule has 2 rings (SSSR count). The second kappa shape index (κ2) is 5.69. The lowest BCUT2D eigenvalue weighted by Gasteiger charge is -2.35. The van der Waals surface area contributed by atoms with E-state index in [1.54, 1.807) is 13.8 Å². The van der Waals surface area contributed by atoms with Crippen LogP contribution in [-0.4, -0.2) is 39.5 Å². The standard InChI is InChI=1S/C15H22N2O3/c1-4-11-7-5-6-8-17(11)14(18)12-9(2)13(15(19)20)16-10(12)3/h11,16H,4-8H2,1-3H3,(H,19,20). The molecule has 0 radical (unpaired) electrons. The molecule has 5 heteroatoms. The first-order valence-electron chi connectivity index (χ1n) is 7.20. The van der Waals surface area contributed by atoms with E-state index in [2.05, 4.69) is 11.9 Å². The molecule has 1 atom stereocenters. The van der Waals surface area contributed by atoms with Gasteiger partial charge in [-0.15, -0.1) is 0 Å². The average molecular weight is 278 g/mol. The van der Waals surface area contributed by atoms with Crippen LogP contribution in [0.3, 0.4) is 0 Å². The van der Waals surface area contributed by atoms with Crippen molar-refractivity contribution in [3.8, 4) is 0 Å². The number of H-pyrrole nitrogens is 1. The Bertz CT molecular complexity index is 533. The molecular weight excluding hydrogens is 256 g/mol. The van der Waals surface area contributed by atoms with Crippen LogP contribution in [0.4, 0.5) is 0 Å². The Morgan fingerprint density at radius 3 is 2.60 bits per heavy atom. The Morgan fingerprint density at radius 2 is 2.05 bits per heavy atom. The highest BCUT2D eigenvalue weighted by Gasteiger charge is 2.30. The molecule has 0 saturated carbocycles. The van der Waals surface area contributed by atoms with E-state index >= 15 is 0 Å². The fourth-order valence-corrected chi connectivity index (χ4v) is 3.12. The second-order valence-electron chi connectivity index (χ2n) is 5.49. The molecule has 1 aliphatic rings. The van der Waals surface area contributed by atoms with Crippen LogP contribution in [0.25, 0.3) is 0 Å². The number of piperidine rings is 1. The van der Waals surface area contributed by atoms with Crippen LogP contribution in [0.15, 0.2) is 0 Å². The number of carboxylic acids is 1. The predicted octanol–water partition coefficient (Wildman–Crippen LogP) is 2.73. The molecule has 2 heterocycles. The fourth-order valence-electron chi connectivity index (χ4n) is 3.12. The van der Waals surface area contributed by atoms with E-state index in [9.17, 15) is 9.59 Å². The van der Waals surface area contributed by atoms with Crippen LogP contribution in [0.1, 0.15) is 64.7 Å². The van der Waals surface area contributed by atoms with E-state index < -0.39 is 5.97 Å². The first-order chi connectivity index (χ1) is 9.47. The van der Waals surface area contributed by atoms with Gasteiger partial charge in [-0.2, -0.15) is 0 Å². The van der Waals surface area contributed by atoms with Gasteiger partial charge in [0, 0.05) is 18.3 Å². The van der Waals surface area contributed by atoms with Crippen molar-refractivity contribution in [1.82, 2.24) is 9.88 Å². The number of aromatic carboxylic acids is 1. The van der Waals surface area contributed by atoms with Gasteiger partial charge in [-0.3, -0.25) is 4.79 Å². The van der Waals surface area contributed by atoms with Gasteiger partial charge >= 0.3 is 5.97 Å². The SMILES string of the molecule is CCC1CCCCN1C(=O)c1c(C)[nH]c(C(=O)O)c1C. The molecule has 20 heavy (non-hydrogen) atoms. The van der Waals surface area contributed by atoms with E-state index in [0.717, 1.165) is 32.2 Å². The van der Waals surface area contributed by atoms with Crippen molar-refractivity contribution >= 4 is 11.9 Å². The minimum atomic E-state index is -1.02. The lowest BCUT2D eigenvalue weighted by atomic mass is 9.98. The predicted molar refractivity (Wildman–Crippen MR) is 76.2 cm³/mol. The molecule has 1 aromatic rings. The van der Waals surface area contributed by atoms with E-state index in [1.165, 1.54) is 0 Å². The van der Waals surface area contributed by atoms with Gasteiger partial charge in [0.05, 0.1) is 5.56 Å². The summed E-state index contributed by atoms with van der Waals surface area (Å²) < 4.78 is 0. The Hall–Kier alpha value is -1.78. The van der Waals surface area contributed by atoms with Crippen LogP contribution >= 0.6 is 0 Å². The van der Waals surface area contributed by atoms with Gasteiger partial charge in [0.2, 0.25) is 0 Å². The first kappa shape index (κ1) is 14.6. The van der Waals surface area contributed by atoms with E-state index in [-0.39, 0.29) is 17.6 Å². The van der Waals surface area contributed by atoms with Crippen molar-refractivity contribution in [2.75, 3.05) is 6.54 Å². The Morgan fingerprint density at radius 1 is 1.35 bits per heavy atom. The van der Waals surface area contributed by atoms with Crippen molar-refractivity contribution in [3.05, 3.63) is 22.5 Å². The summed E-state index contributed by atoms with van der Waals surface area (Å²) in [6.45, 7) is 6.32. The normalized spacial score (nSPS) is 19.1. The number of likely N-dealkylation sites (tertiary alicyclic amines) is 1. The molecule has 110 valence electrons.